The van der Waals surface area contributed by atoms with Gasteiger partial charge in [0.15, 0.2) is 0 Å². The lowest BCUT2D eigenvalue weighted by Gasteiger charge is -2.30. The third-order valence-corrected chi connectivity index (χ3v) is 4.13. The minimum absolute atomic E-state index is 0.260. The summed E-state index contributed by atoms with van der Waals surface area (Å²) in [5, 5.41) is 0. The standard InChI is InChI=1S/C16H25N3O/c17-15-10-6-5-7-13(15)11-19(12-16(18)20)14-8-3-1-2-4-9-14/h5-7,10,14H,1-4,8-9,11-12,17H2,(H2,18,20). The molecule has 1 aliphatic rings. The molecule has 0 atom stereocenters. The highest BCUT2D eigenvalue weighted by Crippen LogP contribution is 2.24. The topological polar surface area (TPSA) is 72.4 Å². The van der Waals surface area contributed by atoms with Crippen molar-refractivity contribution in [3.8, 4) is 0 Å². The van der Waals surface area contributed by atoms with E-state index in [0.717, 1.165) is 24.1 Å². The van der Waals surface area contributed by atoms with Crippen LogP contribution in [0.15, 0.2) is 24.3 Å². The number of nitrogens with zero attached hydrogens (tertiary/aromatic N) is 1. The number of nitrogen functional groups attached to an aromatic ring is 1. The Labute approximate surface area is 121 Å². The van der Waals surface area contributed by atoms with Crippen LogP contribution in [0.5, 0.6) is 0 Å². The van der Waals surface area contributed by atoms with E-state index in [1.807, 2.05) is 24.3 Å². The molecule has 0 heterocycles. The Hall–Kier alpha value is -1.55. The Balaban J connectivity index is 2.10. The van der Waals surface area contributed by atoms with Gasteiger partial charge in [-0.2, -0.15) is 0 Å². The number of amides is 1. The van der Waals surface area contributed by atoms with Gasteiger partial charge in [-0.3, -0.25) is 9.69 Å². The Kier molecular flexibility index (Phi) is 5.41. The van der Waals surface area contributed by atoms with Crippen molar-refractivity contribution in [2.75, 3.05) is 12.3 Å². The zero-order valence-corrected chi connectivity index (χ0v) is 12.1. The third kappa shape index (κ3) is 4.23. The van der Waals surface area contributed by atoms with Gasteiger partial charge in [0.05, 0.1) is 6.54 Å². The van der Waals surface area contributed by atoms with E-state index in [-0.39, 0.29) is 5.91 Å². The molecule has 4 heteroatoms. The van der Waals surface area contributed by atoms with Crippen LogP contribution in [0.2, 0.25) is 0 Å². The summed E-state index contributed by atoms with van der Waals surface area (Å²) >= 11 is 0. The highest BCUT2D eigenvalue weighted by Gasteiger charge is 2.22. The predicted octanol–water partition coefficient (Wildman–Crippen LogP) is 2.28. The van der Waals surface area contributed by atoms with Crippen LogP contribution in [-0.2, 0) is 11.3 Å². The van der Waals surface area contributed by atoms with Gasteiger partial charge >= 0.3 is 0 Å². The molecule has 4 nitrogen and oxygen atoms in total. The van der Waals surface area contributed by atoms with E-state index in [9.17, 15) is 4.79 Å². The minimum atomic E-state index is -0.260. The monoisotopic (exact) mass is 275 g/mol. The number of hydrogen-bond acceptors (Lipinski definition) is 3. The lowest BCUT2D eigenvalue weighted by Crippen LogP contribution is -2.40. The fraction of sp³-hybridized carbons (Fsp3) is 0.562. The fourth-order valence-corrected chi connectivity index (χ4v) is 3.03. The number of carbonyl (C=O) groups is 1. The van der Waals surface area contributed by atoms with Crippen LogP contribution >= 0.6 is 0 Å². The Morgan fingerprint density at radius 1 is 1.15 bits per heavy atom. The number of para-hydroxylation sites is 1. The zero-order valence-electron chi connectivity index (χ0n) is 12.1. The molecular weight excluding hydrogens is 250 g/mol. The Morgan fingerprint density at radius 2 is 1.80 bits per heavy atom. The van der Waals surface area contributed by atoms with Crippen molar-refractivity contribution in [3.05, 3.63) is 29.8 Å². The molecule has 0 aromatic heterocycles. The summed E-state index contributed by atoms with van der Waals surface area (Å²) in [6.07, 6.45) is 7.39. The van der Waals surface area contributed by atoms with Gasteiger partial charge in [0.2, 0.25) is 5.91 Å². The molecule has 0 aliphatic heterocycles. The van der Waals surface area contributed by atoms with Gasteiger partial charge in [0.25, 0.3) is 0 Å². The van der Waals surface area contributed by atoms with Crippen LogP contribution in [0.25, 0.3) is 0 Å². The number of nitrogens with two attached hydrogens (primary N) is 2. The van der Waals surface area contributed by atoms with E-state index in [1.165, 1.54) is 25.7 Å². The van der Waals surface area contributed by atoms with Crippen LogP contribution in [0.3, 0.4) is 0 Å². The molecule has 0 spiro atoms. The maximum atomic E-state index is 11.4. The molecule has 1 aromatic carbocycles. The third-order valence-electron chi connectivity index (χ3n) is 4.13. The second-order valence-corrected chi connectivity index (χ2v) is 5.72. The fourth-order valence-electron chi connectivity index (χ4n) is 3.03. The number of hydrogen-bond donors (Lipinski definition) is 2. The molecular formula is C16H25N3O. The van der Waals surface area contributed by atoms with Crippen molar-refractivity contribution in [2.45, 2.75) is 51.1 Å². The van der Waals surface area contributed by atoms with Gasteiger partial charge in [0.1, 0.15) is 0 Å². The van der Waals surface area contributed by atoms with Crippen LogP contribution in [0.4, 0.5) is 5.69 Å². The summed E-state index contributed by atoms with van der Waals surface area (Å²) in [6, 6.07) is 8.30. The van der Waals surface area contributed by atoms with E-state index in [0.29, 0.717) is 19.1 Å². The molecule has 1 fully saturated rings. The number of primary amides is 1. The first-order valence-electron chi connectivity index (χ1n) is 7.52. The minimum Gasteiger partial charge on any atom is -0.398 e. The molecule has 110 valence electrons. The first kappa shape index (κ1) is 14.9. The van der Waals surface area contributed by atoms with Crippen molar-refractivity contribution in [1.82, 2.24) is 4.90 Å². The maximum absolute atomic E-state index is 11.4. The van der Waals surface area contributed by atoms with Gasteiger partial charge in [-0.1, -0.05) is 43.9 Å². The number of rotatable bonds is 5. The average molecular weight is 275 g/mol. The van der Waals surface area contributed by atoms with Crippen LogP contribution in [0.1, 0.15) is 44.1 Å². The summed E-state index contributed by atoms with van der Waals surface area (Å²) in [5.41, 5.74) is 13.3. The van der Waals surface area contributed by atoms with Crippen molar-refractivity contribution in [2.24, 2.45) is 5.73 Å². The summed E-state index contributed by atoms with van der Waals surface area (Å²) in [7, 11) is 0. The lowest BCUT2D eigenvalue weighted by molar-refractivity contribution is -0.119. The average Bonchev–Trinajstić information content (AvgIpc) is 2.69. The molecule has 20 heavy (non-hydrogen) atoms. The molecule has 0 unspecified atom stereocenters. The second kappa shape index (κ2) is 7.29. The highest BCUT2D eigenvalue weighted by atomic mass is 16.1. The smallest absolute Gasteiger partial charge is 0.231 e. The van der Waals surface area contributed by atoms with Crippen LogP contribution < -0.4 is 11.5 Å². The Bertz CT molecular complexity index is 439. The van der Waals surface area contributed by atoms with Crippen molar-refractivity contribution >= 4 is 11.6 Å². The maximum Gasteiger partial charge on any atom is 0.231 e. The largest absolute Gasteiger partial charge is 0.398 e. The summed E-state index contributed by atoms with van der Waals surface area (Å²) in [6.45, 7) is 1.03. The highest BCUT2D eigenvalue weighted by molar-refractivity contribution is 5.76. The van der Waals surface area contributed by atoms with E-state index < -0.39 is 0 Å². The van der Waals surface area contributed by atoms with E-state index >= 15 is 0 Å². The first-order chi connectivity index (χ1) is 9.66. The molecule has 4 N–H and O–H groups in total. The molecule has 0 saturated heterocycles. The van der Waals surface area contributed by atoms with Crippen LogP contribution in [-0.4, -0.2) is 23.4 Å². The first-order valence-corrected chi connectivity index (χ1v) is 7.52. The van der Waals surface area contributed by atoms with Crippen molar-refractivity contribution in [1.29, 1.82) is 0 Å². The molecule has 2 rings (SSSR count). The summed E-state index contributed by atoms with van der Waals surface area (Å²) in [4.78, 5) is 13.6. The summed E-state index contributed by atoms with van der Waals surface area (Å²) < 4.78 is 0. The SMILES string of the molecule is NC(=O)CN(Cc1ccccc1N)C1CCCCCC1. The number of anilines is 1. The van der Waals surface area contributed by atoms with Gasteiger partial charge < -0.3 is 11.5 Å². The van der Waals surface area contributed by atoms with Gasteiger partial charge in [-0.05, 0) is 24.5 Å². The van der Waals surface area contributed by atoms with E-state index in [2.05, 4.69) is 4.90 Å². The molecule has 1 saturated carbocycles. The molecule has 1 aromatic rings. The second-order valence-electron chi connectivity index (χ2n) is 5.72. The quantitative estimate of drug-likeness (QED) is 0.639. The molecule has 0 radical (unpaired) electrons. The Morgan fingerprint density at radius 3 is 2.40 bits per heavy atom. The molecule has 1 aliphatic carbocycles. The van der Waals surface area contributed by atoms with Crippen LogP contribution in [0, 0.1) is 0 Å². The predicted molar refractivity (Wildman–Crippen MR) is 81.9 cm³/mol. The zero-order chi connectivity index (χ0) is 14.4. The molecule has 1 amide bonds. The van der Waals surface area contributed by atoms with Crippen molar-refractivity contribution in [3.63, 3.8) is 0 Å². The number of benzene rings is 1. The summed E-state index contributed by atoms with van der Waals surface area (Å²) in [5.74, 6) is -0.260. The van der Waals surface area contributed by atoms with E-state index in [4.69, 9.17) is 11.5 Å². The van der Waals surface area contributed by atoms with Gasteiger partial charge in [0, 0.05) is 18.3 Å². The van der Waals surface area contributed by atoms with Gasteiger partial charge in [-0.15, -0.1) is 0 Å². The van der Waals surface area contributed by atoms with Crippen molar-refractivity contribution < 1.29 is 4.79 Å². The number of carbonyl (C=O) groups excluding carboxylic acids is 1. The van der Waals surface area contributed by atoms with Gasteiger partial charge in [-0.25, -0.2) is 0 Å². The lowest BCUT2D eigenvalue weighted by atomic mass is 10.1. The van der Waals surface area contributed by atoms with E-state index in [1.54, 1.807) is 0 Å². The molecule has 0 bridgehead atoms. The normalized spacial score (nSPS) is 17.1.